The first-order chi connectivity index (χ1) is 7.81. The first kappa shape index (κ1) is 13.4. The number of ether oxygens (including phenoxy) is 1. The summed E-state index contributed by atoms with van der Waals surface area (Å²) in [6.45, 7) is 7.76. The number of anilines is 1. The Bertz CT molecular complexity index is 411. The van der Waals surface area contributed by atoms with E-state index in [2.05, 4.69) is 10.3 Å². The maximum absolute atomic E-state index is 11.5. The molecular weight excluding hydrogens is 218 g/mol. The summed E-state index contributed by atoms with van der Waals surface area (Å²) >= 11 is 0. The van der Waals surface area contributed by atoms with Crippen LogP contribution in [-0.4, -0.2) is 16.7 Å². The lowest BCUT2D eigenvalue weighted by atomic mass is 10.1. The summed E-state index contributed by atoms with van der Waals surface area (Å²) in [6, 6.07) is 1.75. The molecule has 0 aliphatic carbocycles. The van der Waals surface area contributed by atoms with Crippen LogP contribution in [0.25, 0.3) is 0 Å². The Kier molecular flexibility index (Phi) is 4.07. The number of rotatable bonds is 2. The summed E-state index contributed by atoms with van der Waals surface area (Å²) in [7, 11) is 0. The Labute approximate surface area is 101 Å². The Morgan fingerprint density at radius 2 is 2.18 bits per heavy atom. The zero-order valence-corrected chi connectivity index (χ0v) is 10.7. The van der Waals surface area contributed by atoms with E-state index in [4.69, 9.17) is 10.5 Å². The van der Waals surface area contributed by atoms with Crippen LogP contribution in [0, 0.1) is 6.92 Å². The van der Waals surface area contributed by atoms with E-state index in [1.54, 1.807) is 33.0 Å². The predicted octanol–water partition coefficient (Wildman–Crippen LogP) is 2.20. The highest BCUT2D eigenvalue weighted by Crippen LogP contribution is 2.13. The number of aromatic nitrogens is 1. The van der Waals surface area contributed by atoms with Crippen LogP contribution in [0.3, 0.4) is 0 Å². The first-order valence-electron chi connectivity index (χ1n) is 5.47. The van der Waals surface area contributed by atoms with Crippen molar-refractivity contribution < 1.29 is 9.53 Å². The summed E-state index contributed by atoms with van der Waals surface area (Å²) in [5.41, 5.74) is 7.01. The average Bonchev–Trinajstić information content (AvgIpc) is 2.18. The summed E-state index contributed by atoms with van der Waals surface area (Å²) in [6.07, 6.45) is 1.16. The number of hydrogen-bond acceptors (Lipinski definition) is 4. The van der Waals surface area contributed by atoms with Gasteiger partial charge in [0, 0.05) is 12.7 Å². The van der Waals surface area contributed by atoms with Gasteiger partial charge in [0.25, 0.3) is 0 Å². The highest BCUT2D eigenvalue weighted by atomic mass is 16.6. The van der Waals surface area contributed by atoms with E-state index in [0.717, 1.165) is 11.1 Å². The van der Waals surface area contributed by atoms with Gasteiger partial charge in [0.1, 0.15) is 11.4 Å². The van der Waals surface area contributed by atoms with Crippen LogP contribution < -0.4 is 11.1 Å². The van der Waals surface area contributed by atoms with E-state index in [1.807, 2.05) is 6.92 Å². The summed E-state index contributed by atoms with van der Waals surface area (Å²) in [5.74, 6) is 0.449. The van der Waals surface area contributed by atoms with Crippen molar-refractivity contribution in [3.8, 4) is 0 Å². The van der Waals surface area contributed by atoms with Crippen LogP contribution in [0.1, 0.15) is 31.9 Å². The molecule has 0 radical (unpaired) electrons. The van der Waals surface area contributed by atoms with Gasteiger partial charge in [-0.25, -0.2) is 9.78 Å². The second-order valence-electron chi connectivity index (χ2n) is 4.83. The van der Waals surface area contributed by atoms with Crippen molar-refractivity contribution in [2.75, 3.05) is 5.32 Å². The molecule has 1 aromatic heterocycles. The molecule has 5 nitrogen and oxygen atoms in total. The lowest BCUT2D eigenvalue weighted by Gasteiger charge is -2.19. The van der Waals surface area contributed by atoms with Gasteiger partial charge in [0.15, 0.2) is 0 Å². The topological polar surface area (TPSA) is 77.2 Å². The van der Waals surface area contributed by atoms with Gasteiger partial charge in [-0.1, -0.05) is 0 Å². The summed E-state index contributed by atoms with van der Waals surface area (Å²) in [5, 5.41) is 2.57. The Morgan fingerprint density at radius 3 is 2.71 bits per heavy atom. The molecular formula is C12H19N3O2. The Hall–Kier alpha value is -1.62. The lowest BCUT2D eigenvalue weighted by molar-refractivity contribution is 0.0635. The summed E-state index contributed by atoms with van der Waals surface area (Å²) in [4.78, 5) is 15.6. The van der Waals surface area contributed by atoms with Crippen LogP contribution >= 0.6 is 0 Å². The molecule has 0 bridgehead atoms. The maximum atomic E-state index is 11.5. The van der Waals surface area contributed by atoms with Crippen LogP contribution in [0.5, 0.6) is 0 Å². The molecule has 0 saturated heterocycles. The maximum Gasteiger partial charge on any atom is 0.413 e. The van der Waals surface area contributed by atoms with Crippen LogP contribution in [-0.2, 0) is 11.3 Å². The Balaban J connectivity index is 2.72. The van der Waals surface area contributed by atoms with Crippen molar-refractivity contribution in [3.05, 3.63) is 23.4 Å². The van der Waals surface area contributed by atoms with Crippen LogP contribution in [0.15, 0.2) is 12.3 Å². The largest absolute Gasteiger partial charge is 0.444 e. The third kappa shape index (κ3) is 4.40. The highest BCUT2D eigenvalue weighted by Gasteiger charge is 2.16. The second kappa shape index (κ2) is 5.14. The molecule has 1 heterocycles. The van der Waals surface area contributed by atoms with Gasteiger partial charge >= 0.3 is 6.09 Å². The molecule has 0 aliphatic rings. The molecule has 0 fully saturated rings. The molecule has 17 heavy (non-hydrogen) atoms. The van der Waals surface area contributed by atoms with Crippen LogP contribution in [0.2, 0.25) is 0 Å². The zero-order valence-electron chi connectivity index (χ0n) is 10.7. The average molecular weight is 237 g/mol. The molecule has 0 aromatic carbocycles. The van der Waals surface area contributed by atoms with Gasteiger partial charge in [0.05, 0.1) is 0 Å². The number of aryl methyl sites for hydroxylation is 1. The quantitative estimate of drug-likeness (QED) is 0.826. The van der Waals surface area contributed by atoms with Gasteiger partial charge in [0.2, 0.25) is 0 Å². The standard InChI is InChI=1S/C12H19N3O2/c1-8-7-14-10(5-9(8)6-13)15-11(16)17-12(2,3)4/h5,7H,6,13H2,1-4H3,(H,14,15,16). The summed E-state index contributed by atoms with van der Waals surface area (Å²) < 4.78 is 5.12. The van der Waals surface area contributed by atoms with Gasteiger partial charge < -0.3 is 10.5 Å². The van der Waals surface area contributed by atoms with Gasteiger partial charge in [-0.2, -0.15) is 0 Å². The third-order valence-corrected chi connectivity index (χ3v) is 2.06. The monoisotopic (exact) mass is 237 g/mol. The number of nitrogens with zero attached hydrogens (tertiary/aromatic N) is 1. The molecule has 1 rings (SSSR count). The van der Waals surface area contributed by atoms with E-state index >= 15 is 0 Å². The van der Waals surface area contributed by atoms with Gasteiger partial charge in [-0.05, 0) is 44.9 Å². The van der Waals surface area contributed by atoms with E-state index in [1.165, 1.54) is 0 Å². The lowest BCUT2D eigenvalue weighted by Crippen LogP contribution is -2.27. The van der Waals surface area contributed by atoms with Gasteiger partial charge in [-0.15, -0.1) is 0 Å². The van der Waals surface area contributed by atoms with Crippen molar-refractivity contribution in [3.63, 3.8) is 0 Å². The minimum absolute atomic E-state index is 0.414. The van der Waals surface area contributed by atoms with Crippen molar-refractivity contribution in [2.24, 2.45) is 5.73 Å². The third-order valence-electron chi connectivity index (χ3n) is 2.06. The van der Waals surface area contributed by atoms with E-state index in [9.17, 15) is 4.79 Å². The first-order valence-corrected chi connectivity index (χ1v) is 5.47. The molecule has 0 atom stereocenters. The normalized spacial score (nSPS) is 11.1. The molecule has 0 saturated carbocycles. The zero-order chi connectivity index (χ0) is 13.1. The Morgan fingerprint density at radius 1 is 1.53 bits per heavy atom. The van der Waals surface area contributed by atoms with Crippen molar-refractivity contribution >= 4 is 11.9 Å². The minimum atomic E-state index is -0.522. The van der Waals surface area contributed by atoms with E-state index < -0.39 is 11.7 Å². The number of carbonyl (C=O) groups excluding carboxylic acids is 1. The number of nitrogens with two attached hydrogens (primary N) is 1. The van der Waals surface area contributed by atoms with E-state index in [-0.39, 0.29) is 0 Å². The smallest absolute Gasteiger partial charge is 0.413 e. The SMILES string of the molecule is Cc1cnc(NC(=O)OC(C)(C)C)cc1CN. The number of carbonyl (C=O) groups is 1. The van der Waals surface area contributed by atoms with E-state index in [0.29, 0.717) is 12.4 Å². The number of amides is 1. The van der Waals surface area contributed by atoms with Gasteiger partial charge in [-0.3, -0.25) is 5.32 Å². The van der Waals surface area contributed by atoms with Crippen molar-refractivity contribution in [2.45, 2.75) is 39.8 Å². The fourth-order valence-electron chi connectivity index (χ4n) is 1.26. The van der Waals surface area contributed by atoms with Crippen molar-refractivity contribution in [1.82, 2.24) is 4.98 Å². The number of nitrogens with one attached hydrogen (secondary N) is 1. The fraction of sp³-hybridized carbons (Fsp3) is 0.500. The second-order valence-corrected chi connectivity index (χ2v) is 4.83. The molecule has 0 unspecified atom stereocenters. The molecule has 94 valence electrons. The predicted molar refractivity (Wildman–Crippen MR) is 66.7 cm³/mol. The molecule has 3 N–H and O–H groups in total. The molecule has 1 aromatic rings. The molecule has 1 amide bonds. The molecule has 0 spiro atoms. The highest BCUT2D eigenvalue weighted by molar-refractivity contribution is 5.83. The fourth-order valence-corrected chi connectivity index (χ4v) is 1.26. The van der Waals surface area contributed by atoms with Crippen molar-refractivity contribution in [1.29, 1.82) is 0 Å². The molecule has 5 heteroatoms. The molecule has 0 aliphatic heterocycles. The number of hydrogen-bond donors (Lipinski definition) is 2. The minimum Gasteiger partial charge on any atom is -0.444 e. The number of pyridine rings is 1. The van der Waals surface area contributed by atoms with Crippen LogP contribution in [0.4, 0.5) is 10.6 Å².